The minimum atomic E-state index is -0.720. The zero-order chi connectivity index (χ0) is 14.8. The molecule has 0 saturated heterocycles. The summed E-state index contributed by atoms with van der Waals surface area (Å²) in [5.74, 6) is 0.781. The molecule has 0 radical (unpaired) electrons. The maximum atomic E-state index is 11.2. The molecule has 1 aromatic heterocycles. The van der Waals surface area contributed by atoms with E-state index in [1.807, 2.05) is 10.9 Å². The van der Waals surface area contributed by atoms with E-state index in [0.29, 0.717) is 0 Å². The van der Waals surface area contributed by atoms with Gasteiger partial charge in [0.1, 0.15) is 5.60 Å². The molecule has 1 aromatic rings. The predicted molar refractivity (Wildman–Crippen MR) is 85.7 cm³/mol. The van der Waals surface area contributed by atoms with Gasteiger partial charge in [-0.2, -0.15) is 5.10 Å². The first-order valence-corrected chi connectivity index (χ1v) is 8.73. The normalized spacial score (nSPS) is 27.8. The van der Waals surface area contributed by atoms with Crippen LogP contribution in [0.2, 0.25) is 0 Å². The van der Waals surface area contributed by atoms with E-state index in [-0.39, 0.29) is 6.04 Å². The molecule has 1 fully saturated rings. The molecule has 2 unspecified atom stereocenters. The fraction of sp³-hybridized carbons (Fsp3) is 0.812. The third kappa shape index (κ3) is 3.28. The summed E-state index contributed by atoms with van der Waals surface area (Å²) >= 11 is 3.58. The zero-order valence-corrected chi connectivity index (χ0v) is 14.5. The molecule has 2 atom stereocenters. The Balaban J connectivity index is 2.24. The molecular formula is C16H27BrN2O. The highest BCUT2D eigenvalue weighted by atomic mass is 79.9. The van der Waals surface area contributed by atoms with Crippen molar-refractivity contribution in [3.8, 4) is 0 Å². The van der Waals surface area contributed by atoms with Gasteiger partial charge in [0.2, 0.25) is 0 Å². The summed E-state index contributed by atoms with van der Waals surface area (Å²) in [4.78, 5) is 0. The summed E-state index contributed by atoms with van der Waals surface area (Å²) < 4.78 is 2.92. The lowest BCUT2D eigenvalue weighted by molar-refractivity contribution is 0.00900. The molecule has 1 N–H and O–H groups in total. The van der Waals surface area contributed by atoms with Crippen LogP contribution in [-0.4, -0.2) is 14.9 Å². The van der Waals surface area contributed by atoms with Crippen LogP contribution in [0.15, 0.2) is 10.7 Å². The average Bonchev–Trinajstić information content (AvgIpc) is 2.69. The van der Waals surface area contributed by atoms with E-state index in [1.54, 1.807) is 0 Å². The number of hydrogen-bond acceptors (Lipinski definition) is 2. The van der Waals surface area contributed by atoms with Gasteiger partial charge in [-0.1, -0.05) is 26.2 Å². The number of aliphatic hydroxyl groups is 1. The van der Waals surface area contributed by atoms with E-state index >= 15 is 0 Å². The van der Waals surface area contributed by atoms with Crippen LogP contribution < -0.4 is 0 Å². The number of aromatic nitrogens is 2. The lowest BCUT2D eigenvalue weighted by atomic mass is 9.89. The summed E-state index contributed by atoms with van der Waals surface area (Å²) in [5.41, 5.74) is 0.256. The van der Waals surface area contributed by atoms with Crippen LogP contribution in [0.5, 0.6) is 0 Å². The molecule has 0 spiro atoms. The van der Waals surface area contributed by atoms with Gasteiger partial charge >= 0.3 is 0 Å². The van der Waals surface area contributed by atoms with Gasteiger partial charge in [0, 0.05) is 6.04 Å². The van der Waals surface area contributed by atoms with Gasteiger partial charge < -0.3 is 5.11 Å². The van der Waals surface area contributed by atoms with Crippen molar-refractivity contribution in [2.45, 2.75) is 77.4 Å². The zero-order valence-electron chi connectivity index (χ0n) is 12.9. The average molecular weight is 343 g/mol. The molecule has 0 amide bonds. The molecule has 3 nitrogen and oxygen atoms in total. The lowest BCUT2D eigenvalue weighted by Gasteiger charge is -2.29. The highest BCUT2D eigenvalue weighted by Crippen LogP contribution is 2.42. The quantitative estimate of drug-likeness (QED) is 0.798. The van der Waals surface area contributed by atoms with E-state index in [0.717, 1.165) is 41.8 Å². The molecule has 1 heterocycles. The summed E-state index contributed by atoms with van der Waals surface area (Å²) in [7, 11) is 0. The summed E-state index contributed by atoms with van der Waals surface area (Å²) in [6.07, 6.45) is 9.55. The predicted octanol–water partition coefficient (Wildman–Crippen LogP) is 4.79. The maximum Gasteiger partial charge on any atom is 0.107 e. The first kappa shape index (κ1) is 16.0. The van der Waals surface area contributed by atoms with Crippen molar-refractivity contribution < 1.29 is 5.11 Å². The third-order valence-corrected chi connectivity index (χ3v) is 5.13. The van der Waals surface area contributed by atoms with Gasteiger partial charge in [-0.05, 0) is 61.4 Å². The third-order valence-electron chi connectivity index (χ3n) is 4.55. The van der Waals surface area contributed by atoms with Gasteiger partial charge in [-0.25, -0.2) is 0 Å². The number of nitrogens with zero attached hydrogens (tertiary/aromatic N) is 2. The first-order chi connectivity index (χ1) is 9.48. The molecule has 114 valence electrons. The summed E-state index contributed by atoms with van der Waals surface area (Å²) in [6.45, 7) is 6.48. The van der Waals surface area contributed by atoms with Crippen molar-refractivity contribution in [1.82, 2.24) is 9.78 Å². The van der Waals surface area contributed by atoms with E-state index in [4.69, 9.17) is 0 Å². The molecule has 0 aliphatic heterocycles. The fourth-order valence-corrected chi connectivity index (χ4v) is 4.14. The van der Waals surface area contributed by atoms with Gasteiger partial charge in [-0.3, -0.25) is 4.68 Å². The van der Waals surface area contributed by atoms with Crippen LogP contribution in [0.1, 0.15) is 77.5 Å². The molecule has 1 aliphatic rings. The Kier molecular flexibility index (Phi) is 5.30. The van der Waals surface area contributed by atoms with Crippen LogP contribution in [0.3, 0.4) is 0 Å². The van der Waals surface area contributed by atoms with Crippen molar-refractivity contribution in [3.05, 3.63) is 16.4 Å². The van der Waals surface area contributed by atoms with Crippen LogP contribution in [0.25, 0.3) is 0 Å². The second-order valence-corrected chi connectivity index (χ2v) is 7.35. The van der Waals surface area contributed by atoms with Gasteiger partial charge in [0.15, 0.2) is 0 Å². The Bertz CT molecular complexity index is 444. The van der Waals surface area contributed by atoms with Crippen molar-refractivity contribution in [2.75, 3.05) is 0 Å². The Morgan fingerprint density at radius 3 is 2.85 bits per heavy atom. The van der Waals surface area contributed by atoms with E-state index in [9.17, 15) is 5.11 Å². The Morgan fingerprint density at radius 1 is 1.45 bits per heavy atom. The van der Waals surface area contributed by atoms with E-state index in [1.165, 1.54) is 19.3 Å². The molecule has 2 rings (SSSR count). The van der Waals surface area contributed by atoms with Crippen molar-refractivity contribution >= 4 is 15.9 Å². The maximum absolute atomic E-state index is 11.2. The summed E-state index contributed by atoms with van der Waals surface area (Å²) in [5, 5.41) is 15.6. The van der Waals surface area contributed by atoms with Crippen LogP contribution >= 0.6 is 15.9 Å². The second kappa shape index (κ2) is 6.61. The van der Waals surface area contributed by atoms with E-state index < -0.39 is 5.60 Å². The van der Waals surface area contributed by atoms with Crippen molar-refractivity contribution in [3.63, 3.8) is 0 Å². The van der Waals surface area contributed by atoms with Crippen LogP contribution in [-0.2, 0) is 5.60 Å². The van der Waals surface area contributed by atoms with Crippen molar-refractivity contribution in [2.24, 2.45) is 5.92 Å². The minimum Gasteiger partial charge on any atom is -0.384 e. The molecular weight excluding hydrogens is 316 g/mol. The smallest absolute Gasteiger partial charge is 0.107 e. The monoisotopic (exact) mass is 342 g/mol. The molecule has 0 aromatic carbocycles. The Hall–Kier alpha value is -0.350. The van der Waals surface area contributed by atoms with Gasteiger partial charge in [0.25, 0.3) is 0 Å². The number of rotatable bonds is 4. The summed E-state index contributed by atoms with van der Waals surface area (Å²) in [6, 6.07) is 0.273. The van der Waals surface area contributed by atoms with Gasteiger partial charge in [0.05, 0.1) is 16.4 Å². The fourth-order valence-electron chi connectivity index (χ4n) is 3.50. The molecule has 1 saturated carbocycles. The minimum absolute atomic E-state index is 0.273. The topological polar surface area (TPSA) is 38.1 Å². The van der Waals surface area contributed by atoms with Crippen LogP contribution in [0.4, 0.5) is 0 Å². The number of halogens is 1. The standard InChI is InChI=1S/C16H27BrN2O/c1-4-6-13-7-5-9-16(20,10-8-13)15-14(17)11-18-19(15)12(2)3/h11-13,20H,4-10H2,1-3H3. The first-order valence-electron chi connectivity index (χ1n) is 7.93. The van der Waals surface area contributed by atoms with Crippen molar-refractivity contribution in [1.29, 1.82) is 0 Å². The van der Waals surface area contributed by atoms with Crippen LogP contribution in [0, 0.1) is 5.92 Å². The Labute approximate surface area is 130 Å². The Morgan fingerprint density at radius 2 is 2.20 bits per heavy atom. The molecule has 4 heteroatoms. The highest BCUT2D eigenvalue weighted by molar-refractivity contribution is 9.10. The molecule has 0 bridgehead atoms. The molecule has 1 aliphatic carbocycles. The number of hydrogen-bond donors (Lipinski definition) is 1. The SMILES string of the molecule is CCCC1CCCC(O)(c2c(Br)cnn2C(C)C)CC1. The largest absolute Gasteiger partial charge is 0.384 e. The second-order valence-electron chi connectivity index (χ2n) is 6.50. The van der Waals surface area contributed by atoms with E-state index in [2.05, 4.69) is 41.8 Å². The molecule has 20 heavy (non-hydrogen) atoms. The van der Waals surface area contributed by atoms with Gasteiger partial charge in [-0.15, -0.1) is 0 Å². The highest BCUT2D eigenvalue weighted by Gasteiger charge is 2.37. The lowest BCUT2D eigenvalue weighted by Crippen LogP contribution is -2.29.